The number of nitrogens with one attached hydrogen (secondary N) is 3. The average molecular weight is 368 g/mol. The van der Waals surface area contributed by atoms with Crippen molar-refractivity contribution >= 4 is 22.7 Å². The van der Waals surface area contributed by atoms with Crippen molar-refractivity contribution in [3.05, 3.63) is 30.0 Å². The van der Waals surface area contributed by atoms with Gasteiger partial charge in [-0.25, -0.2) is 4.79 Å². The Morgan fingerprint density at radius 1 is 0.889 bits per heavy atom. The number of benzene rings is 1. The maximum atomic E-state index is 12.9. The number of aromatic nitrogens is 2. The number of fused-ring (bicyclic) bond motifs is 1. The van der Waals surface area contributed by atoms with Gasteiger partial charge in [-0.05, 0) is 44.6 Å². The number of Topliss-reactive ketones (excluding diaryl/α,β-unsaturated/α-hetero) is 1. The summed E-state index contributed by atoms with van der Waals surface area (Å²) in [6.07, 6.45) is 9.16. The minimum atomic E-state index is -0.0463. The van der Waals surface area contributed by atoms with E-state index in [-0.39, 0.29) is 23.8 Å². The standard InChI is InChI=1S/C21H28N4O2/c26-20(19-17-8-4-5-9-18(17)24-25-19)14-10-12-16(13-11-14)23-21(27)22-15-6-2-1-3-7-15/h4-5,8-9,14-16H,1-3,6-7,10-13H2,(H,24,25)(H2,22,23,27). The van der Waals surface area contributed by atoms with E-state index in [4.69, 9.17) is 0 Å². The quantitative estimate of drug-likeness (QED) is 0.715. The summed E-state index contributed by atoms with van der Waals surface area (Å²) in [5, 5.41) is 14.3. The predicted molar refractivity (Wildman–Crippen MR) is 105 cm³/mol. The van der Waals surface area contributed by atoms with Crippen LogP contribution < -0.4 is 10.6 Å². The van der Waals surface area contributed by atoms with Crippen LogP contribution in [0.15, 0.2) is 24.3 Å². The van der Waals surface area contributed by atoms with Crippen molar-refractivity contribution in [2.45, 2.75) is 69.9 Å². The molecule has 0 saturated heterocycles. The third-order valence-electron chi connectivity index (χ3n) is 6.08. The second-order valence-electron chi connectivity index (χ2n) is 7.98. The average Bonchev–Trinajstić information content (AvgIpc) is 3.13. The molecule has 4 rings (SSSR count). The van der Waals surface area contributed by atoms with Crippen LogP contribution in [-0.4, -0.2) is 34.1 Å². The molecule has 2 aliphatic rings. The zero-order valence-electron chi connectivity index (χ0n) is 15.7. The number of urea groups is 1. The molecule has 0 radical (unpaired) electrons. The van der Waals surface area contributed by atoms with Gasteiger partial charge in [-0.3, -0.25) is 9.89 Å². The van der Waals surface area contributed by atoms with Gasteiger partial charge in [-0.15, -0.1) is 0 Å². The minimum absolute atomic E-state index is 0.00355. The van der Waals surface area contributed by atoms with E-state index < -0.39 is 0 Å². The van der Waals surface area contributed by atoms with E-state index >= 15 is 0 Å². The van der Waals surface area contributed by atoms with E-state index in [1.54, 1.807) is 0 Å². The number of amides is 2. The smallest absolute Gasteiger partial charge is 0.315 e. The first-order valence-electron chi connectivity index (χ1n) is 10.2. The van der Waals surface area contributed by atoms with Crippen molar-refractivity contribution in [1.82, 2.24) is 20.8 Å². The van der Waals surface area contributed by atoms with Gasteiger partial charge in [0.15, 0.2) is 5.78 Å². The van der Waals surface area contributed by atoms with Gasteiger partial charge in [0, 0.05) is 23.4 Å². The van der Waals surface area contributed by atoms with Crippen molar-refractivity contribution in [1.29, 1.82) is 0 Å². The van der Waals surface area contributed by atoms with Gasteiger partial charge in [0.2, 0.25) is 0 Å². The summed E-state index contributed by atoms with van der Waals surface area (Å²) < 4.78 is 0. The number of carbonyl (C=O) groups excluding carboxylic acids is 2. The van der Waals surface area contributed by atoms with Crippen LogP contribution in [0.2, 0.25) is 0 Å². The Bertz CT molecular complexity index is 801. The molecule has 6 nitrogen and oxygen atoms in total. The van der Waals surface area contributed by atoms with Crippen LogP contribution in [0.3, 0.4) is 0 Å². The first-order chi connectivity index (χ1) is 13.2. The lowest BCUT2D eigenvalue weighted by Crippen LogP contribution is -2.48. The van der Waals surface area contributed by atoms with Crippen molar-refractivity contribution in [3.63, 3.8) is 0 Å². The van der Waals surface area contributed by atoms with Crippen molar-refractivity contribution in [3.8, 4) is 0 Å². The van der Waals surface area contributed by atoms with Crippen LogP contribution in [-0.2, 0) is 0 Å². The maximum absolute atomic E-state index is 12.9. The summed E-state index contributed by atoms with van der Waals surface area (Å²) >= 11 is 0. The van der Waals surface area contributed by atoms with Crippen LogP contribution in [0.25, 0.3) is 10.9 Å². The number of aromatic amines is 1. The van der Waals surface area contributed by atoms with Crippen LogP contribution in [0.1, 0.15) is 68.3 Å². The predicted octanol–water partition coefficient (Wildman–Crippen LogP) is 3.94. The summed E-state index contributed by atoms with van der Waals surface area (Å²) in [6, 6.07) is 8.18. The van der Waals surface area contributed by atoms with Crippen LogP contribution in [0.5, 0.6) is 0 Å². The Balaban J connectivity index is 1.28. The Morgan fingerprint density at radius 2 is 1.56 bits per heavy atom. The van der Waals surface area contributed by atoms with Gasteiger partial charge in [-0.2, -0.15) is 5.10 Å². The molecule has 27 heavy (non-hydrogen) atoms. The highest BCUT2D eigenvalue weighted by atomic mass is 16.2. The van der Waals surface area contributed by atoms with E-state index in [9.17, 15) is 9.59 Å². The molecule has 0 bridgehead atoms. The topological polar surface area (TPSA) is 86.9 Å². The fourth-order valence-corrected chi connectivity index (χ4v) is 4.50. The number of rotatable bonds is 4. The molecule has 6 heteroatoms. The molecule has 2 fully saturated rings. The fourth-order valence-electron chi connectivity index (χ4n) is 4.50. The van der Waals surface area contributed by atoms with E-state index in [2.05, 4.69) is 20.8 Å². The Kier molecular flexibility index (Phi) is 5.41. The van der Waals surface area contributed by atoms with E-state index in [0.717, 1.165) is 49.4 Å². The summed E-state index contributed by atoms with van der Waals surface area (Å²) in [5.41, 5.74) is 1.45. The van der Waals surface area contributed by atoms with Gasteiger partial charge >= 0.3 is 6.03 Å². The number of nitrogens with zero attached hydrogens (tertiary/aromatic N) is 1. The van der Waals surface area contributed by atoms with E-state index in [0.29, 0.717) is 11.7 Å². The molecule has 144 valence electrons. The second kappa shape index (κ2) is 8.11. The molecule has 2 saturated carbocycles. The molecule has 2 aliphatic carbocycles. The van der Waals surface area contributed by atoms with Crippen LogP contribution in [0.4, 0.5) is 4.79 Å². The van der Waals surface area contributed by atoms with Crippen LogP contribution in [0, 0.1) is 5.92 Å². The molecular weight excluding hydrogens is 340 g/mol. The van der Waals surface area contributed by atoms with Gasteiger partial charge < -0.3 is 10.6 Å². The van der Waals surface area contributed by atoms with Gasteiger partial charge in [-0.1, -0.05) is 37.5 Å². The highest BCUT2D eigenvalue weighted by Crippen LogP contribution is 2.29. The molecule has 1 aromatic heterocycles. The van der Waals surface area contributed by atoms with Crippen molar-refractivity contribution < 1.29 is 9.59 Å². The molecule has 2 amide bonds. The zero-order valence-corrected chi connectivity index (χ0v) is 15.7. The summed E-state index contributed by atoms with van der Waals surface area (Å²) in [5.74, 6) is 0.119. The molecule has 0 aliphatic heterocycles. The lowest BCUT2D eigenvalue weighted by Gasteiger charge is -2.29. The highest BCUT2D eigenvalue weighted by molar-refractivity contribution is 6.06. The summed E-state index contributed by atoms with van der Waals surface area (Å²) in [6.45, 7) is 0. The van der Waals surface area contributed by atoms with E-state index in [1.165, 1.54) is 19.3 Å². The number of carbonyl (C=O) groups is 2. The molecule has 0 atom stereocenters. The lowest BCUT2D eigenvalue weighted by atomic mass is 9.82. The molecule has 0 unspecified atom stereocenters. The van der Waals surface area contributed by atoms with Gasteiger partial charge in [0.25, 0.3) is 0 Å². The zero-order chi connectivity index (χ0) is 18.6. The maximum Gasteiger partial charge on any atom is 0.315 e. The monoisotopic (exact) mass is 368 g/mol. The van der Waals surface area contributed by atoms with Gasteiger partial charge in [0.05, 0.1) is 5.52 Å². The number of hydrogen-bond donors (Lipinski definition) is 3. The molecular formula is C21H28N4O2. The number of para-hydroxylation sites is 1. The first-order valence-corrected chi connectivity index (χ1v) is 10.2. The molecule has 1 heterocycles. The lowest BCUT2D eigenvalue weighted by molar-refractivity contribution is 0.0877. The normalized spacial score (nSPS) is 23.9. The minimum Gasteiger partial charge on any atom is -0.335 e. The largest absolute Gasteiger partial charge is 0.335 e. The third-order valence-corrected chi connectivity index (χ3v) is 6.08. The summed E-state index contributed by atoms with van der Waals surface area (Å²) in [7, 11) is 0. The number of ketones is 1. The number of H-pyrrole nitrogens is 1. The SMILES string of the molecule is O=C(NC1CCCCC1)NC1CCC(C(=O)c2n[nH]c3ccccc23)CC1. The Labute approximate surface area is 159 Å². The molecule has 0 spiro atoms. The first kappa shape index (κ1) is 18.0. The van der Waals surface area contributed by atoms with Crippen molar-refractivity contribution in [2.24, 2.45) is 5.92 Å². The Hall–Kier alpha value is -2.37. The molecule has 3 N–H and O–H groups in total. The summed E-state index contributed by atoms with van der Waals surface area (Å²) in [4.78, 5) is 25.1. The Morgan fingerprint density at radius 3 is 2.30 bits per heavy atom. The fraction of sp³-hybridized carbons (Fsp3) is 0.571. The highest BCUT2D eigenvalue weighted by Gasteiger charge is 2.30. The molecule has 2 aromatic rings. The molecule has 1 aromatic carbocycles. The van der Waals surface area contributed by atoms with Crippen molar-refractivity contribution in [2.75, 3.05) is 0 Å². The van der Waals surface area contributed by atoms with Crippen LogP contribution >= 0.6 is 0 Å². The van der Waals surface area contributed by atoms with E-state index in [1.807, 2.05) is 24.3 Å². The van der Waals surface area contributed by atoms with Gasteiger partial charge in [0.1, 0.15) is 5.69 Å². The second-order valence-corrected chi connectivity index (χ2v) is 7.98. The third kappa shape index (κ3) is 4.15. The number of hydrogen-bond acceptors (Lipinski definition) is 3.